The maximum atomic E-state index is 6.37. The zero-order valence-corrected chi connectivity index (χ0v) is 17.7. The number of nitrogens with zero attached hydrogens (tertiary/aromatic N) is 4. The van der Waals surface area contributed by atoms with Gasteiger partial charge >= 0.3 is 0 Å². The number of fused-ring (bicyclic) bond motifs is 3. The monoisotopic (exact) mass is 432 g/mol. The van der Waals surface area contributed by atoms with E-state index in [2.05, 4.69) is 58.5 Å². The van der Waals surface area contributed by atoms with Crippen LogP contribution in [-0.2, 0) is 0 Å². The summed E-state index contributed by atoms with van der Waals surface area (Å²) in [6.07, 6.45) is 0. The van der Waals surface area contributed by atoms with Gasteiger partial charge in [0, 0.05) is 16.3 Å². The molecule has 0 saturated carbocycles. The number of hydrogen-bond acceptors (Lipinski definition) is 3. The lowest BCUT2D eigenvalue weighted by Gasteiger charge is -2.09. The van der Waals surface area contributed by atoms with Crippen molar-refractivity contribution in [1.82, 2.24) is 19.5 Å². The van der Waals surface area contributed by atoms with Gasteiger partial charge in [0.2, 0.25) is 11.2 Å². The van der Waals surface area contributed by atoms with Crippen LogP contribution in [0.2, 0.25) is 5.28 Å². The van der Waals surface area contributed by atoms with Crippen LogP contribution in [0.5, 0.6) is 0 Å². The van der Waals surface area contributed by atoms with Gasteiger partial charge in [-0.2, -0.15) is 15.0 Å². The molecule has 0 saturated heterocycles. The molecule has 152 valence electrons. The van der Waals surface area contributed by atoms with Gasteiger partial charge in [0.25, 0.3) is 0 Å². The Kier molecular flexibility index (Phi) is 4.44. The third kappa shape index (κ3) is 3.13. The second kappa shape index (κ2) is 7.59. The van der Waals surface area contributed by atoms with E-state index in [4.69, 9.17) is 16.6 Å². The zero-order valence-electron chi connectivity index (χ0n) is 17.0. The first-order chi connectivity index (χ1) is 15.8. The molecule has 0 aliphatic rings. The average molecular weight is 433 g/mol. The Morgan fingerprint density at radius 1 is 0.500 bits per heavy atom. The molecule has 32 heavy (non-hydrogen) atoms. The van der Waals surface area contributed by atoms with E-state index in [1.807, 2.05) is 59.2 Å². The highest BCUT2D eigenvalue weighted by molar-refractivity contribution is 6.28. The molecule has 0 spiro atoms. The van der Waals surface area contributed by atoms with E-state index < -0.39 is 0 Å². The first kappa shape index (κ1) is 18.7. The summed E-state index contributed by atoms with van der Waals surface area (Å²) in [5.41, 5.74) is 5.24. The van der Waals surface area contributed by atoms with Gasteiger partial charge in [0.1, 0.15) is 0 Å². The lowest BCUT2D eigenvalue weighted by molar-refractivity contribution is 0.947. The molecule has 0 radical (unpaired) electrons. The Morgan fingerprint density at radius 2 is 1.03 bits per heavy atom. The standard InChI is InChI=1S/C27H17ClN4/c28-26-29-25(20-16-14-19(15-17-20)18-8-2-1-3-9-18)30-27(31-26)32-23-12-6-4-10-21(23)22-11-5-7-13-24(22)32/h1-17H. The molecular weight excluding hydrogens is 416 g/mol. The van der Waals surface area contributed by atoms with E-state index in [1.54, 1.807) is 0 Å². The average Bonchev–Trinajstić information content (AvgIpc) is 3.19. The molecule has 0 aliphatic carbocycles. The summed E-state index contributed by atoms with van der Waals surface area (Å²) in [5.74, 6) is 1.05. The van der Waals surface area contributed by atoms with Gasteiger partial charge in [-0.15, -0.1) is 0 Å². The van der Waals surface area contributed by atoms with Crippen molar-refractivity contribution >= 4 is 33.4 Å². The van der Waals surface area contributed by atoms with Crippen molar-refractivity contribution in [3.63, 3.8) is 0 Å². The normalized spacial score (nSPS) is 11.3. The quantitative estimate of drug-likeness (QED) is 0.303. The summed E-state index contributed by atoms with van der Waals surface area (Å²) < 4.78 is 2.04. The number of hydrogen-bond donors (Lipinski definition) is 0. The highest BCUT2D eigenvalue weighted by Crippen LogP contribution is 2.31. The molecule has 0 fully saturated rings. The smallest absolute Gasteiger partial charge is 0.239 e. The Balaban J connectivity index is 1.50. The maximum absolute atomic E-state index is 6.37. The SMILES string of the molecule is Clc1nc(-c2ccc(-c3ccccc3)cc2)nc(-n2c3ccccc3c3ccccc32)n1. The number of aromatic nitrogens is 4. The van der Waals surface area contributed by atoms with Crippen LogP contribution in [0.4, 0.5) is 0 Å². The van der Waals surface area contributed by atoms with Crippen LogP contribution in [0.1, 0.15) is 0 Å². The van der Waals surface area contributed by atoms with Gasteiger partial charge in [0.15, 0.2) is 5.82 Å². The van der Waals surface area contributed by atoms with Crippen LogP contribution < -0.4 is 0 Å². The van der Waals surface area contributed by atoms with Crippen molar-refractivity contribution in [3.8, 4) is 28.5 Å². The van der Waals surface area contributed by atoms with Crippen molar-refractivity contribution in [2.75, 3.05) is 0 Å². The summed E-state index contributed by atoms with van der Waals surface area (Å²) in [6.45, 7) is 0. The Hall–Kier alpha value is -4.02. The molecule has 4 nitrogen and oxygen atoms in total. The Bertz CT molecular complexity index is 1520. The molecular formula is C27H17ClN4. The molecule has 6 rings (SSSR count). The van der Waals surface area contributed by atoms with Crippen molar-refractivity contribution in [2.24, 2.45) is 0 Å². The van der Waals surface area contributed by atoms with E-state index in [0.29, 0.717) is 11.8 Å². The van der Waals surface area contributed by atoms with Gasteiger partial charge in [0.05, 0.1) is 11.0 Å². The van der Waals surface area contributed by atoms with Gasteiger partial charge in [-0.1, -0.05) is 91.0 Å². The summed E-state index contributed by atoms with van der Waals surface area (Å²) in [5, 5.41) is 2.46. The second-order valence-corrected chi connectivity index (χ2v) is 7.88. The first-order valence-corrected chi connectivity index (χ1v) is 10.7. The molecule has 0 unspecified atom stereocenters. The molecule has 0 atom stereocenters. The zero-order chi connectivity index (χ0) is 21.5. The van der Waals surface area contributed by atoms with E-state index in [1.165, 1.54) is 5.56 Å². The summed E-state index contributed by atoms with van der Waals surface area (Å²) in [4.78, 5) is 13.7. The van der Waals surface area contributed by atoms with Crippen molar-refractivity contribution in [3.05, 3.63) is 108 Å². The number of para-hydroxylation sites is 2. The van der Waals surface area contributed by atoms with Crippen LogP contribution in [-0.4, -0.2) is 19.5 Å². The Labute approximate surface area is 189 Å². The molecule has 0 amide bonds. The van der Waals surface area contributed by atoms with Gasteiger partial charge in [-0.3, -0.25) is 4.57 Å². The molecule has 0 aliphatic heterocycles. The van der Waals surface area contributed by atoms with E-state index in [0.717, 1.165) is 32.9 Å². The minimum atomic E-state index is 0.166. The summed E-state index contributed by atoms with van der Waals surface area (Å²) >= 11 is 6.37. The van der Waals surface area contributed by atoms with Gasteiger partial charge in [-0.25, -0.2) is 0 Å². The fraction of sp³-hybridized carbons (Fsp3) is 0. The van der Waals surface area contributed by atoms with E-state index in [-0.39, 0.29) is 5.28 Å². The lowest BCUT2D eigenvalue weighted by atomic mass is 10.0. The lowest BCUT2D eigenvalue weighted by Crippen LogP contribution is -2.04. The minimum absolute atomic E-state index is 0.166. The predicted molar refractivity (Wildman–Crippen MR) is 130 cm³/mol. The third-order valence-electron chi connectivity index (χ3n) is 5.63. The molecule has 0 bridgehead atoms. The fourth-order valence-corrected chi connectivity index (χ4v) is 4.30. The minimum Gasteiger partial charge on any atom is -0.278 e. The second-order valence-electron chi connectivity index (χ2n) is 7.54. The Morgan fingerprint density at radius 3 is 1.69 bits per heavy atom. The largest absolute Gasteiger partial charge is 0.278 e. The van der Waals surface area contributed by atoms with Crippen LogP contribution in [0.3, 0.4) is 0 Å². The molecule has 2 heterocycles. The maximum Gasteiger partial charge on any atom is 0.239 e. The molecule has 5 heteroatoms. The van der Waals surface area contributed by atoms with Crippen molar-refractivity contribution in [2.45, 2.75) is 0 Å². The molecule has 2 aromatic heterocycles. The topological polar surface area (TPSA) is 43.6 Å². The number of rotatable bonds is 3. The summed E-state index contributed by atoms with van der Waals surface area (Å²) in [7, 11) is 0. The van der Waals surface area contributed by atoms with E-state index in [9.17, 15) is 0 Å². The van der Waals surface area contributed by atoms with Crippen LogP contribution >= 0.6 is 11.6 Å². The van der Waals surface area contributed by atoms with E-state index >= 15 is 0 Å². The molecule has 0 N–H and O–H groups in total. The van der Waals surface area contributed by atoms with Gasteiger partial charge in [-0.05, 0) is 34.9 Å². The summed E-state index contributed by atoms with van der Waals surface area (Å²) in [6, 6.07) is 34.9. The molecule has 4 aromatic carbocycles. The number of halogens is 1. The van der Waals surface area contributed by atoms with Crippen LogP contribution in [0.25, 0.3) is 50.3 Å². The van der Waals surface area contributed by atoms with Gasteiger partial charge < -0.3 is 0 Å². The third-order valence-corrected chi connectivity index (χ3v) is 5.80. The molecule has 6 aromatic rings. The first-order valence-electron chi connectivity index (χ1n) is 10.3. The fourth-order valence-electron chi connectivity index (χ4n) is 4.15. The van der Waals surface area contributed by atoms with Crippen LogP contribution in [0, 0.1) is 0 Å². The van der Waals surface area contributed by atoms with Crippen LogP contribution in [0.15, 0.2) is 103 Å². The highest BCUT2D eigenvalue weighted by atomic mass is 35.5. The number of benzene rings is 4. The highest BCUT2D eigenvalue weighted by Gasteiger charge is 2.16. The van der Waals surface area contributed by atoms with Crippen molar-refractivity contribution < 1.29 is 0 Å². The van der Waals surface area contributed by atoms with Crippen molar-refractivity contribution in [1.29, 1.82) is 0 Å². The predicted octanol–water partition coefficient (Wildman–Crippen LogP) is 6.96.